The van der Waals surface area contributed by atoms with Crippen LogP contribution in [0.25, 0.3) is 6.08 Å². The Balaban J connectivity index is 1.68. The van der Waals surface area contributed by atoms with Gasteiger partial charge in [0.15, 0.2) is 15.8 Å². The lowest BCUT2D eigenvalue weighted by atomic mass is 10.1. The van der Waals surface area contributed by atoms with E-state index in [9.17, 15) is 9.59 Å². The maximum absolute atomic E-state index is 13.0. The summed E-state index contributed by atoms with van der Waals surface area (Å²) >= 11 is 6.56. The molecule has 8 heteroatoms. The molecule has 0 aromatic heterocycles. The molecule has 0 bridgehead atoms. The summed E-state index contributed by atoms with van der Waals surface area (Å²) in [6.07, 6.45) is 1.74. The first-order valence-corrected chi connectivity index (χ1v) is 9.16. The number of anilines is 1. The molecule has 0 atom stereocenters. The normalized spacial score (nSPS) is 16.9. The van der Waals surface area contributed by atoms with E-state index in [2.05, 4.69) is 0 Å². The number of carbonyl (C=O) groups excluding carboxylic acids is 2. The molecule has 0 aliphatic carbocycles. The first-order chi connectivity index (χ1) is 13.1. The van der Waals surface area contributed by atoms with Crippen molar-refractivity contribution in [2.24, 2.45) is 0 Å². The molecule has 6 nitrogen and oxygen atoms in total. The number of carbonyl (C=O) groups is 2. The highest BCUT2D eigenvalue weighted by molar-refractivity contribution is 8.27. The summed E-state index contributed by atoms with van der Waals surface area (Å²) in [4.78, 5) is 26.8. The van der Waals surface area contributed by atoms with Crippen molar-refractivity contribution in [2.45, 2.75) is 0 Å². The van der Waals surface area contributed by atoms with Gasteiger partial charge in [-0.3, -0.25) is 9.69 Å². The quantitative estimate of drug-likeness (QED) is 0.444. The molecule has 2 heterocycles. The van der Waals surface area contributed by atoms with Crippen molar-refractivity contribution in [1.82, 2.24) is 0 Å². The van der Waals surface area contributed by atoms with Crippen LogP contribution >= 0.6 is 24.0 Å². The van der Waals surface area contributed by atoms with E-state index in [1.165, 1.54) is 23.8 Å². The fourth-order valence-electron chi connectivity index (χ4n) is 2.78. The maximum Gasteiger partial charge on any atom is 0.339 e. The molecule has 136 valence electrons. The van der Waals surface area contributed by atoms with Gasteiger partial charge in [0.25, 0.3) is 5.91 Å². The highest BCUT2D eigenvalue weighted by Gasteiger charge is 2.35. The van der Waals surface area contributed by atoms with Crippen molar-refractivity contribution < 1.29 is 23.8 Å². The Labute approximate surface area is 164 Å². The number of para-hydroxylation sites is 1. The number of ether oxygens (including phenoxy) is 3. The molecule has 0 unspecified atom stereocenters. The summed E-state index contributed by atoms with van der Waals surface area (Å²) < 4.78 is 15.8. The Morgan fingerprint density at radius 3 is 2.81 bits per heavy atom. The van der Waals surface area contributed by atoms with E-state index in [1.54, 1.807) is 42.5 Å². The van der Waals surface area contributed by atoms with Crippen LogP contribution < -0.4 is 14.4 Å². The zero-order valence-corrected chi connectivity index (χ0v) is 15.8. The van der Waals surface area contributed by atoms with Gasteiger partial charge in [-0.25, -0.2) is 4.79 Å². The minimum atomic E-state index is -0.528. The van der Waals surface area contributed by atoms with Gasteiger partial charge < -0.3 is 14.2 Å². The molecule has 27 heavy (non-hydrogen) atoms. The Hall–Kier alpha value is -2.84. The zero-order valence-electron chi connectivity index (χ0n) is 14.1. The number of esters is 1. The number of methoxy groups -OCH3 is 1. The molecule has 1 fully saturated rings. The van der Waals surface area contributed by atoms with Crippen LogP contribution in [0.1, 0.15) is 15.9 Å². The Bertz CT molecular complexity index is 1000. The summed E-state index contributed by atoms with van der Waals surface area (Å²) in [5.74, 6) is 0.486. The van der Waals surface area contributed by atoms with Crippen molar-refractivity contribution in [3.8, 4) is 11.5 Å². The summed E-state index contributed by atoms with van der Waals surface area (Å²) in [7, 11) is 1.29. The predicted octanol–water partition coefficient (Wildman–Crippen LogP) is 3.61. The number of rotatable bonds is 3. The number of fused-ring (bicyclic) bond motifs is 1. The average molecular weight is 399 g/mol. The van der Waals surface area contributed by atoms with Crippen molar-refractivity contribution in [1.29, 1.82) is 0 Å². The topological polar surface area (TPSA) is 65.1 Å². The third-order valence-electron chi connectivity index (χ3n) is 4.04. The molecule has 4 rings (SSSR count). The van der Waals surface area contributed by atoms with Crippen molar-refractivity contribution in [3.05, 3.63) is 58.5 Å². The number of nitrogens with zero attached hydrogens (tertiary/aromatic N) is 1. The molecule has 2 aliphatic heterocycles. The molecule has 2 aliphatic rings. The van der Waals surface area contributed by atoms with Crippen molar-refractivity contribution >= 4 is 51.9 Å². The van der Waals surface area contributed by atoms with Crippen LogP contribution in [-0.4, -0.2) is 30.1 Å². The van der Waals surface area contributed by atoms with Gasteiger partial charge in [-0.15, -0.1) is 0 Å². The van der Waals surface area contributed by atoms with Crippen LogP contribution in [0.15, 0.2) is 47.4 Å². The molecular formula is C19H13NO5S2. The minimum Gasteiger partial charge on any atom is -0.465 e. The van der Waals surface area contributed by atoms with Crippen LogP contribution in [0, 0.1) is 0 Å². The minimum absolute atomic E-state index is 0.186. The third kappa shape index (κ3) is 3.17. The van der Waals surface area contributed by atoms with E-state index in [-0.39, 0.29) is 18.3 Å². The van der Waals surface area contributed by atoms with Gasteiger partial charge in [0.2, 0.25) is 6.79 Å². The molecule has 2 aromatic carbocycles. The second kappa shape index (κ2) is 7.05. The molecular weight excluding hydrogens is 386 g/mol. The lowest BCUT2D eigenvalue weighted by molar-refractivity contribution is -0.113. The second-order valence-electron chi connectivity index (χ2n) is 5.64. The Kier molecular flexibility index (Phi) is 4.59. The average Bonchev–Trinajstić information content (AvgIpc) is 3.25. The van der Waals surface area contributed by atoms with Gasteiger partial charge in [0.05, 0.1) is 23.3 Å². The highest BCUT2D eigenvalue weighted by Crippen LogP contribution is 2.39. The molecule has 0 spiro atoms. The van der Waals surface area contributed by atoms with E-state index < -0.39 is 5.97 Å². The predicted molar refractivity (Wildman–Crippen MR) is 106 cm³/mol. The fraction of sp³-hybridized carbons (Fsp3) is 0.105. The molecule has 1 amide bonds. The van der Waals surface area contributed by atoms with Gasteiger partial charge >= 0.3 is 5.97 Å². The highest BCUT2D eigenvalue weighted by atomic mass is 32.2. The number of amides is 1. The van der Waals surface area contributed by atoms with E-state index in [1.807, 2.05) is 6.07 Å². The third-order valence-corrected chi connectivity index (χ3v) is 5.34. The monoisotopic (exact) mass is 399 g/mol. The molecule has 0 N–H and O–H groups in total. The van der Waals surface area contributed by atoms with E-state index in [0.29, 0.717) is 26.4 Å². The van der Waals surface area contributed by atoms with Gasteiger partial charge in [-0.2, -0.15) is 0 Å². The Morgan fingerprint density at radius 1 is 1.22 bits per heavy atom. The van der Waals surface area contributed by atoms with Crippen LogP contribution in [0.2, 0.25) is 0 Å². The zero-order chi connectivity index (χ0) is 19.0. The second-order valence-corrected chi connectivity index (χ2v) is 7.31. The maximum atomic E-state index is 13.0. The lowest BCUT2D eigenvalue weighted by Gasteiger charge is -2.17. The van der Waals surface area contributed by atoms with E-state index in [0.717, 1.165) is 5.56 Å². The SMILES string of the molecule is COC(=O)c1ccccc1N1C(=O)/C(=C\c2ccc3c(c2)OCO3)SC1=S. The molecule has 2 aromatic rings. The summed E-state index contributed by atoms with van der Waals surface area (Å²) in [5, 5.41) is 0. The largest absolute Gasteiger partial charge is 0.465 e. The van der Waals surface area contributed by atoms with Crippen molar-refractivity contribution in [3.63, 3.8) is 0 Å². The van der Waals surface area contributed by atoms with E-state index in [4.69, 9.17) is 26.4 Å². The fourth-order valence-corrected chi connectivity index (χ4v) is 4.07. The van der Waals surface area contributed by atoms with Gasteiger partial charge in [-0.05, 0) is 35.9 Å². The molecule has 0 radical (unpaired) electrons. The van der Waals surface area contributed by atoms with Crippen LogP contribution in [-0.2, 0) is 9.53 Å². The summed E-state index contributed by atoms with van der Waals surface area (Å²) in [5.41, 5.74) is 1.47. The van der Waals surface area contributed by atoms with Gasteiger partial charge in [0, 0.05) is 0 Å². The number of thioether (sulfide) groups is 1. The summed E-state index contributed by atoms with van der Waals surface area (Å²) in [6, 6.07) is 12.1. The smallest absolute Gasteiger partial charge is 0.339 e. The molecule has 1 saturated heterocycles. The number of thiocarbonyl (C=S) groups is 1. The number of benzene rings is 2. The first-order valence-electron chi connectivity index (χ1n) is 7.93. The van der Waals surface area contributed by atoms with Gasteiger partial charge in [0.1, 0.15) is 0 Å². The number of hydrogen-bond acceptors (Lipinski definition) is 7. The lowest BCUT2D eigenvalue weighted by Crippen LogP contribution is -2.29. The number of hydrogen-bond donors (Lipinski definition) is 0. The van der Waals surface area contributed by atoms with Crippen LogP contribution in [0.4, 0.5) is 5.69 Å². The van der Waals surface area contributed by atoms with Gasteiger partial charge in [-0.1, -0.05) is 42.2 Å². The van der Waals surface area contributed by atoms with Crippen molar-refractivity contribution in [2.75, 3.05) is 18.8 Å². The van der Waals surface area contributed by atoms with E-state index >= 15 is 0 Å². The summed E-state index contributed by atoms with van der Waals surface area (Å²) in [6.45, 7) is 0.186. The Morgan fingerprint density at radius 2 is 2.00 bits per heavy atom. The standard InChI is InChI=1S/C19H13NO5S2/c1-23-18(22)12-4-2-3-5-13(12)20-17(21)16(27-19(20)26)9-11-6-7-14-15(8-11)25-10-24-14/h2-9H,10H2,1H3/b16-9+. The van der Waals surface area contributed by atoms with Crippen LogP contribution in [0.3, 0.4) is 0 Å². The molecule has 0 saturated carbocycles. The van der Waals surface area contributed by atoms with Crippen LogP contribution in [0.5, 0.6) is 11.5 Å². The first kappa shape index (κ1) is 17.6.